The molecule has 3 atom stereocenters. The van der Waals surface area contributed by atoms with E-state index >= 15 is 0 Å². The maximum Gasteiger partial charge on any atom is 0.0207 e. The van der Waals surface area contributed by atoms with E-state index in [0.717, 1.165) is 18.0 Å². The predicted molar refractivity (Wildman–Crippen MR) is 74.3 cm³/mol. The maximum absolute atomic E-state index is 3.68. The number of likely N-dealkylation sites (tertiary alicyclic amines) is 1. The SMILES string of the molecule is CCCNC1CCN(C2CCCC(CC)C2)C1. The highest BCUT2D eigenvalue weighted by atomic mass is 15.2. The van der Waals surface area contributed by atoms with Gasteiger partial charge >= 0.3 is 0 Å². The zero-order valence-electron chi connectivity index (χ0n) is 11.8. The lowest BCUT2D eigenvalue weighted by atomic mass is 9.83. The van der Waals surface area contributed by atoms with E-state index in [1.165, 1.54) is 64.6 Å². The average Bonchev–Trinajstić information content (AvgIpc) is 2.85. The molecule has 2 aliphatic rings. The van der Waals surface area contributed by atoms with Crippen LogP contribution < -0.4 is 5.32 Å². The highest BCUT2D eigenvalue weighted by Crippen LogP contribution is 2.31. The van der Waals surface area contributed by atoms with Crippen molar-refractivity contribution in [3.63, 3.8) is 0 Å². The lowest BCUT2D eigenvalue weighted by molar-refractivity contribution is 0.152. The van der Waals surface area contributed by atoms with Gasteiger partial charge in [-0.05, 0) is 38.1 Å². The molecule has 0 aromatic rings. The van der Waals surface area contributed by atoms with Crippen LogP contribution in [0.3, 0.4) is 0 Å². The van der Waals surface area contributed by atoms with Gasteiger partial charge in [0.1, 0.15) is 0 Å². The van der Waals surface area contributed by atoms with E-state index in [9.17, 15) is 0 Å². The average molecular weight is 238 g/mol. The molecule has 3 unspecified atom stereocenters. The molecule has 0 bridgehead atoms. The second-order valence-corrected chi connectivity index (χ2v) is 6.03. The Kier molecular flexibility index (Phi) is 5.30. The lowest BCUT2D eigenvalue weighted by Gasteiger charge is -2.35. The van der Waals surface area contributed by atoms with Crippen molar-refractivity contribution in [2.45, 2.75) is 70.9 Å². The van der Waals surface area contributed by atoms with E-state index in [1.54, 1.807) is 0 Å². The smallest absolute Gasteiger partial charge is 0.0207 e. The molecule has 1 aliphatic heterocycles. The molecular formula is C15H30N2. The molecule has 17 heavy (non-hydrogen) atoms. The van der Waals surface area contributed by atoms with Gasteiger partial charge < -0.3 is 5.32 Å². The van der Waals surface area contributed by atoms with E-state index in [4.69, 9.17) is 0 Å². The Morgan fingerprint density at radius 2 is 2.06 bits per heavy atom. The van der Waals surface area contributed by atoms with Crippen LogP contribution in [0.5, 0.6) is 0 Å². The Bertz CT molecular complexity index is 217. The van der Waals surface area contributed by atoms with Crippen molar-refractivity contribution in [3.05, 3.63) is 0 Å². The van der Waals surface area contributed by atoms with Crippen LogP contribution in [0, 0.1) is 5.92 Å². The first kappa shape index (κ1) is 13.4. The number of rotatable bonds is 5. The first-order valence-electron chi connectivity index (χ1n) is 7.80. The van der Waals surface area contributed by atoms with Gasteiger partial charge in [-0.15, -0.1) is 0 Å². The van der Waals surface area contributed by atoms with E-state index in [-0.39, 0.29) is 0 Å². The number of hydrogen-bond acceptors (Lipinski definition) is 2. The van der Waals surface area contributed by atoms with Crippen LogP contribution >= 0.6 is 0 Å². The van der Waals surface area contributed by atoms with Crippen LogP contribution in [0.15, 0.2) is 0 Å². The van der Waals surface area contributed by atoms with Crippen LogP contribution in [0.25, 0.3) is 0 Å². The summed E-state index contributed by atoms with van der Waals surface area (Å²) in [4.78, 5) is 2.77. The second-order valence-electron chi connectivity index (χ2n) is 6.03. The van der Waals surface area contributed by atoms with Crippen molar-refractivity contribution in [2.75, 3.05) is 19.6 Å². The minimum Gasteiger partial charge on any atom is -0.313 e. The van der Waals surface area contributed by atoms with Crippen molar-refractivity contribution < 1.29 is 0 Å². The number of nitrogens with one attached hydrogen (secondary N) is 1. The molecule has 0 radical (unpaired) electrons. The normalized spacial score (nSPS) is 35.3. The van der Waals surface area contributed by atoms with Gasteiger partial charge in [0.05, 0.1) is 0 Å². The molecule has 0 aromatic carbocycles. The molecule has 0 amide bonds. The molecule has 2 heteroatoms. The summed E-state index contributed by atoms with van der Waals surface area (Å²) in [5, 5.41) is 3.68. The van der Waals surface area contributed by atoms with Gasteiger partial charge in [-0.1, -0.05) is 33.1 Å². The molecule has 1 N–H and O–H groups in total. The lowest BCUT2D eigenvalue weighted by Crippen LogP contribution is -2.40. The first-order chi connectivity index (χ1) is 8.33. The van der Waals surface area contributed by atoms with Gasteiger partial charge in [0, 0.05) is 25.2 Å². The van der Waals surface area contributed by atoms with Crippen LogP contribution in [-0.2, 0) is 0 Å². The second kappa shape index (κ2) is 6.75. The molecule has 0 aromatic heterocycles. The standard InChI is InChI=1S/C15H30N2/c1-3-9-16-14-8-10-17(12-14)15-7-5-6-13(4-2)11-15/h13-16H,3-12H2,1-2H3. The molecule has 100 valence electrons. The van der Waals surface area contributed by atoms with Crippen molar-refractivity contribution in [1.82, 2.24) is 10.2 Å². The summed E-state index contributed by atoms with van der Waals surface area (Å²) < 4.78 is 0. The molecule has 1 aliphatic carbocycles. The fourth-order valence-corrected chi connectivity index (χ4v) is 3.60. The van der Waals surface area contributed by atoms with Gasteiger partial charge in [0.15, 0.2) is 0 Å². The van der Waals surface area contributed by atoms with Crippen LogP contribution in [0.4, 0.5) is 0 Å². The van der Waals surface area contributed by atoms with E-state index in [2.05, 4.69) is 24.1 Å². The van der Waals surface area contributed by atoms with Crippen molar-refractivity contribution in [2.24, 2.45) is 5.92 Å². The Morgan fingerprint density at radius 1 is 1.18 bits per heavy atom. The molecule has 1 saturated heterocycles. The summed E-state index contributed by atoms with van der Waals surface area (Å²) in [6, 6.07) is 1.68. The summed E-state index contributed by atoms with van der Waals surface area (Å²) in [5.41, 5.74) is 0. The largest absolute Gasteiger partial charge is 0.313 e. The van der Waals surface area contributed by atoms with Crippen LogP contribution in [-0.4, -0.2) is 36.6 Å². The molecule has 1 heterocycles. The molecule has 2 nitrogen and oxygen atoms in total. The molecule has 2 fully saturated rings. The highest BCUT2D eigenvalue weighted by Gasteiger charge is 2.30. The molecule has 1 saturated carbocycles. The van der Waals surface area contributed by atoms with Crippen molar-refractivity contribution >= 4 is 0 Å². The molecule has 0 spiro atoms. The monoisotopic (exact) mass is 238 g/mol. The number of hydrogen-bond donors (Lipinski definition) is 1. The quantitative estimate of drug-likeness (QED) is 0.792. The summed E-state index contributed by atoms with van der Waals surface area (Å²) in [6.45, 7) is 8.46. The van der Waals surface area contributed by atoms with Gasteiger partial charge in [-0.3, -0.25) is 4.90 Å². The Hall–Kier alpha value is -0.0800. The van der Waals surface area contributed by atoms with Crippen molar-refractivity contribution in [1.29, 1.82) is 0 Å². The highest BCUT2D eigenvalue weighted by molar-refractivity contribution is 4.88. The van der Waals surface area contributed by atoms with Crippen LogP contribution in [0.1, 0.15) is 58.8 Å². The first-order valence-corrected chi connectivity index (χ1v) is 7.80. The Morgan fingerprint density at radius 3 is 2.82 bits per heavy atom. The van der Waals surface area contributed by atoms with E-state index in [0.29, 0.717) is 0 Å². The summed E-state index contributed by atoms with van der Waals surface area (Å²) in [7, 11) is 0. The van der Waals surface area contributed by atoms with Crippen molar-refractivity contribution in [3.8, 4) is 0 Å². The van der Waals surface area contributed by atoms with Gasteiger partial charge in [-0.2, -0.15) is 0 Å². The van der Waals surface area contributed by atoms with Gasteiger partial charge in [0.25, 0.3) is 0 Å². The number of nitrogens with zero attached hydrogens (tertiary/aromatic N) is 1. The zero-order valence-corrected chi connectivity index (χ0v) is 11.8. The van der Waals surface area contributed by atoms with Gasteiger partial charge in [-0.25, -0.2) is 0 Å². The Labute approximate surface area is 107 Å². The maximum atomic E-state index is 3.68. The summed E-state index contributed by atoms with van der Waals surface area (Å²) >= 11 is 0. The topological polar surface area (TPSA) is 15.3 Å². The summed E-state index contributed by atoms with van der Waals surface area (Å²) in [5.74, 6) is 1.01. The van der Waals surface area contributed by atoms with Crippen LogP contribution in [0.2, 0.25) is 0 Å². The minimum absolute atomic E-state index is 0.775. The molecule has 2 rings (SSSR count). The zero-order chi connectivity index (χ0) is 12.1. The summed E-state index contributed by atoms with van der Waals surface area (Å²) in [6.07, 6.45) is 9.89. The third kappa shape index (κ3) is 3.69. The van der Waals surface area contributed by atoms with E-state index < -0.39 is 0 Å². The molecular weight excluding hydrogens is 208 g/mol. The predicted octanol–water partition coefficient (Wildman–Crippen LogP) is 3.03. The fraction of sp³-hybridized carbons (Fsp3) is 1.00. The van der Waals surface area contributed by atoms with E-state index in [1.807, 2.05) is 0 Å². The fourth-order valence-electron chi connectivity index (χ4n) is 3.60. The minimum atomic E-state index is 0.775. The third-order valence-corrected chi connectivity index (χ3v) is 4.75. The third-order valence-electron chi connectivity index (χ3n) is 4.75. The van der Waals surface area contributed by atoms with Gasteiger partial charge in [0.2, 0.25) is 0 Å². The Balaban J connectivity index is 1.75.